The maximum atomic E-state index is 5.85. The molecule has 0 fully saturated rings. The quantitative estimate of drug-likeness (QED) is 0.111. The zero-order valence-electron chi connectivity index (χ0n) is 66.8. The van der Waals surface area contributed by atoms with Crippen LogP contribution in [0.4, 0.5) is 102 Å². The van der Waals surface area contributed by atoms with Gasteiger partial charge < -0.3 is 43.6 Å². The largest absolute Gasteiger partial charge is 0.497 e. The highest BCUT2D eigenvalue weighted by Gasteiger charge is 2.48. The summed E-state index contributed by atoms with van der Waals surface area (Å²) in [6.07, 6.45) is 0. The van der Waals surface area contributed by atoms with Gasteiger partial charge in [-0.2, -0.15) is 0 Å². The molecule has 0 spiro atoms. The molecule has 6 aliphatic rings. The van der Waals surface area contributed by atoms with Gasteiger partial charge in [0.15, 0.2) is 0 Å². The van der Waals surface area contributed by atoms with Crippen LogP contribution in [0.5, 0.6) is 17.2 Å². The summed E-state index contributed by atoms with van der Waals surface area (Å²) in [6.45, 7) is 12.8. The predicted octanol–water partition coefficient (Wildman–Crippen LogP) is 20.8. The highest BCUT2D eigenvalue weighted by atomic mass is 16.5. The minimum atomic E-state index is -0.128. The van der Waals surface area contributed by atoms with Gasteiger partial charge in [0.1, 0.15) is 17.2 Å². The second-order valence-electron chi connectivity index (χ2n) is 32.3. The normalized spacial score (nSPS) is 13.4. The summed E-state index contributed by atoms with van der Waals surface area (Å²) in [5, 5.41) is 0. The molecule has 9 nitrogen and oxygen atoms in total. The van der Waals surface area contributed by atoms with Gasteiger partial charge in [0.25, 0.3) is 20.1 Å². The standard InChI is InChI=1S/C105H81B3N6O3/c1-64-19-31-76(32-20-64)109-91-49-25-67(4)55-85(91)106-88-61-70(28-52-94(88)112(79-37-43-82(115-7)44-38-79)100-16-10-13-97(109)103(100)106)73-58-74(71-29-53-95-89(62-71)107-86-56-68(5)26-50-92(86)110(77-33-21-65(2)22-34-77)98-14-11-17-101(104(98)107)113(95)80-39-45-83(116-8)46-40-80)60-75(59-73)72-30-54-96-90(63-72)108-87-57-69(6)27-51-93(87)111(78-35-23-66(3)24-36-78)99-15-12-18-102(105(99)108)114(96)81-41-47-84(117-9)48-42-81/h10-63H,1-9H3. The third-order valence-corrected chi connectivity index (χ3v) is 25.2. The van der Waals surface area contributed by atoms with Crippen LogP contribution in [-0.4, -0.2) is 41.5 Å². The Morgan fingerprint density at radius 3 is 0.598 bits per heavy atom. The first-order valence-corrected chi connectivity index (χ1v) is 40.5. The number of hydrogen-bond donors (Lipinski definition) is 0. The van der Waals surface area contributed by atoms with Crippen LogP contribution in [0.1, 0.15) is 33.4 Å². The lowest BCUT2D eigenvalue weighted by molar-refractivity contribution is 0.414. The van der Waals surface area contributed by atoms with Gasteiger partial charge in [0.2, 0.25) is 0 Å². The highest BCUT2D eigenvalue weighted by molar-refractivity contribution is 7.02. The van der Waals surface area contributed by atoms with Crippen molar-refractivity contribution in [3.05, 3.63) is 361 Å². The van der Waals surface area contributed by atoms with E-state index in [-0.39, 0.29) is 20.1 Å². The van der Waals surface area contributed by atoms with E-state index >= 15 is 0 Å². The summed E-state index contributed by atoms with van der Waals surface area (Å²) in [6, 6.07) is 124. The Labute approximate surface area is 685 Å². The van der Waals surface area contributed by atoms with E-state index < -0.39 is 0 Å². The van der Waals surface area contributed by atoms with E-state index in [0.717, 1.165) is 136 Å². The Balaban J connectivity index is 0.792. The predicted molar refractivity (Wildman–Crippen MR) is 493 cm³/mol. The van der Waals surface area contributed by atoms with E-state index in [1.165, 1.54) is 99.6 Å². The summed E-state index contributed by atoms with van der Waals surface area (Å²) in [5.74, 6) is 2.42. The van der Waals surface area contributed by atoms with Crippen LogP contribution in [0.3, 0.4) is 0 Å². The number of aryl methyl sites for hydroxylation is 6. The van der Waals surface area contributed by atoms with E-state index in [0.29, 0.717) is 0 Å². The van der Waals surface area contributed by atoms with E-state index in [2.05, 4.69) is 399 Å². The molecule has 0 saturated heterocycles. The fraction of sp³-hybridized carbons (Fsp3) is 0.0857. The molecule has 0 bridgehead atoms. The minimum Gasteiger partial charge on any atom is -0.497 e. The van der Waals surface area contributed by atoms with Crippen molar-refractivity contribution in [1.82, 2.24) is 0 Å². The van der Waals surface area contributed by atoms with Gasteiger partial charge >= 0.3 is 0 Å². The Morgan fingerprint density at radius 1 is 0.179 bits per heavy atom. The molecule has 6 aliphatic heterocycles. The van der Waals surface area contributed by atoms with Crippen molar-refractivity contribution in [3.8, 4) is 50.6 Å². The maximum Gasteiger partial charge on any atom is 0.252 e. The Kier molecular flexibility index (Phi) is 16.1. The van der Waals surface area contributed by atoms with Gasteiger partial charge in [-0.15, -0.1) is 0 Å². The lowest BCUT2D eigenvalue weighted by Gasteiger charge is -2.44. The topological polar surface area (TPSA) is 47.1 Å². The molecule has 0 aromatic heterocycles. The lowest BCUT2D eigenvalue weighted by Crippen LogP contribution is -2.61. The molecule has 0 amide bonds. The van der Waals surface area contributed by atoms with Gasteiger partial charge in [0.05, 0.1) is 21.3 Å². The van der Waals surface area contributed by atoms with Crippen molar-refractivity contribution < 1.29 is 14.2 Å². The summed E-state index contributed by atoms with van der Waals surface area (Å²) in [4.78, 5) is 14.9. The number of fused-ring (bicyclic) bond motifs is 12. The third kappa shape index (κ3) is 11.0. The van der Waals surface area contributed by atoms with Crippen molar-refractivity contribution in [2.24, 2.45) is 0 Å². The van der Waals surface area contributed by atoms with Gasteiger partial charge in [0, 0.05) is 102 Å². The Morgan fingerprint density at radius 2 is 0.376 bits per heavy atom. The van der Waals surface area contributed by atoms with Crippen LogP contribution in [0.2, 0.25) is 0 Å². The molecular weight excluding hydrogens is 1430 g/mol. The van der Waals surface area contributed by atoms with Crippen molar-refractivity contribution in [2.75, 3.05) is 50.7 Å². The summed E-state index contributed by atoms with van der Waals surface area (Å²) in [5.41, 5.74) is 45.6. The van der Waals surface area contributed by atoms with E-state index in [9.17, 15) is 0 Å². The molecule has 0 unspecified atom stereocenters. The smallest absolute Gasteiger partial charge is 0.252 e. The second kappa shape index (κ2) is 27.0. The molecule has 16 aromatic carbocycles. The van der Waals surface area contributed by atoms with Crippen molar-refractivity contribution in [2.45, 2.75) is 41.5 Å². The van der Waals surface area contributed by atoms with Gasteiger partial charge in [-0.3, -0.25) is 0 Å². The average molecular weight is 1510 g/mol. The molecule has 558 valence electrons. The molecule has 0 aliphatic carbocycles. The Hall–Kier alpha value is -14.1. The minimum absolute atomic E-state index is 0.128. The molecule has 12 heteroatoms. The number of nitrogens with zero attached hydrogens (tertiary/aromatic N) is 6. The number of ether oxygens (including phenoxy) is 3. The van der Waals surface area contributed by atoms with E-state index in [4.69, 9.17) is 14.2 Å². The Bertz CT molecular complexity index is 6110. The maximum absolute atomic E-state index is 5.85. The SMILES string of the molecule is COc1ccc(N2c3ccc(-c4cc(-c5ccc6c(c5)B5c7cc(C)ccc7N(c7ccc(C)cc7)c7cccc(c75)N6c5ccc(OC)cc5)cc(-c5ccc6c(c5)B5c7cc(C)ccc7N(c7ccc(C)cc7)c7cccc(c75)N6c5ccc(OC)cc5)c4)cc3B3c4cc(C)ccc4N(c4ccc(C)cc4)c4cccc2c43)cc1. The molecule has 0 saturated carbocycles. The summed E-state index contributed by atoms with van der Waals surface area (Å²) >= 11 is 0. The van der Waals surface area contributed by atoms with Crippen LogP contribution < -0.4 is 92.8 Å². The molecule has 0 N–H and O–H groups in total. The van der Waals surface area contributed by atoms with Crippen molar-refractivity contribution in [1.29, 1.82) is 0 Å². The van der Waals surface area contributed by atoms with Crippen molar-refractivity contribution in [3.63, 3.8) is 0 Å². The van der Waals surface area contributed by atoms with Gasteiger partial charge in [-0.25, -0.2) is 0 Å². The first-order valence-electron chi connectivity index (χ1n) is 40.5. The highest BCUT2D eigenvalue weighted by Crippen LogP contribution is 2.51. The second-order valence-corrected chi connectivity index (χ2v) is 32.3. The number of methoxy groups -OCH3 is 3. The van der Waals surface area contributed by atoms with Crippen LogP contribution >= 0.6 is 0 Å². The van der Waals surface area contributed by atoms with E-state index in [1.54, 1.807) is 21.3 Å². The molecule has 22 rings (SSSR count). The van der Waals surface area contributed by atoms with E-state index in [1.807, 2.05) is 0 Å². The zero-order chi connectivity index (χ0) is 78.7. The van der Waals surface area contributed by atoms with Crippen molar-refractivity contribution >= 4 is 172 Å². The fourth-order valence-corrected chi connectivity index (χ4v) is 19.8. The van der Waals surface area contributed by atoms with Gasteiger partial charge in [-0.05, 0) is 324 Å². The molecular formula is C105H81B3N6O3. The first kappa shape index (κ1) is 69.6. The number of hydrogen-bond acceptors (Lipinski definition) is 9. The third-order valence-electron chi connectivity index (χ3n) is 25.2. The lowest BCUT2D eigenvalue weighted by atomic mass is 9.33. The number of benzene rings is 16. The number of rotatable bonds is 12. The molecule has 16 aromatic rings. The van der Waals surface area contributed by atoms with Crippen LogP contribution in [-0.2, 0) is 0 Å². The van der Waals surface area contributed by atoms with Gasteiger partial charge in [-0.1, -0.05) is 161 Å². The molecule has 0 radical (unpaired) electrons. The first-order chi connectivity index (χ1) is 57.3. The number of anilines is 18. The molecule has 0 atom stereocenters. The summed E-state index contributed by atoms with van der Waals surface area (Å²) in [7, 11) is 5.22. The van der Waals surface area contributed by atoms with Crippen LogP contribution in [0.15, 0.2) is 328 Å². The fourth-order valence-electron chi connectivity index (χ4n) is 19.8. The average Bonchev–Trinajstić information content (AvgIpc) is 0.708. The van der Waals surface area contributed by atoms with Crippen LogP contribution in [0.25, 0.3) is 33.4 Å². The zero-order valence-corrected chi connectivity index (χ0v) is 66.8. The molecule has 117 heavy (non-hydrogen) atoms. The monoisotopic (exact) mass is 1510 g/mol. The van der Waals surface area contributed by atoms with Crippen LogP contribution in [0, 0.1) is 41.5 Å². The molecule has 6 heterocycles. The summed E-state index contributed by atoms with van der Waals surface area (Å²) < 4.78 is 17.5.